The first kappa shape index (κ1) is 13.0. The fourth-order valence-corrected chi connectivity index (χ4v) is 2.13. The van der Waals surface area contributed by atoms with Gasteiger partial charge in [0.2, 0.25) is 0 Å². The lowest BCUT2D eigenvalue weighted by Crippen LogP contribution is -2.35. The minimum absolute atomic E-state index is 0.0600. The fraction of sp³-hybridized carbons (Fsp3) is 0.500. The Kier molecular flexibility index (Phi) is 3.66. The summed E-state index contributed by atoms with van der Waals surface area (Å²) >= 11 is 0. The molecule has 1 aromatic carbocycles. The van der Waals surface area contributed by atoms with Crippen LogP contribution in [0.4, 0.5) is 4.39 Å². The molecule has 1 N–H and O–H groups in total. The van der Waals surface area contributed by atoms with Gasteiger partial charge in [-0.25, -0.2) is 4.39 Å². The molecule has 0 bridgehead atoms. The van der Waals surface area contributed by atoms with Crippen molar-refractivity contribution in [1.29, 1.82) is 0 Å². The fourth-order valence-electron chi connectivity index (χ4n) is 2.13. The summed E-state index contributed by atoms with van der Waals surface area (Å²) in [6, 6.07) is 3.80. The molecule has 0 aromatic heterocycles. The molecule has 4 heteroatoms. The monoisotopic (exact) mass is 251 g/mol. The molecule has 1 unspecified atom stereocenters. The molecule has 0 saturated heterocycles. The lowest BCUT2D eigenvalue weighted by atomic mass is 10.1. The summed E-state index contributed by atoms with van der Waals surface area (Å²) in [7, 11) is 1.89. The maximum absolute atomic E-state index is 13.1. The molecule has 0 spiro atoms. The molecule has 0 aliphatic heterocycles. The standard InChI is InChI=1S/C14H18FNO2/c1-9(10-3-4-10)16(2)8-14(18)12-7-11(15)5-6-13(12)17/h5-7,9-10,17H,3-4,8H2,1-2H3. The van der Waals surface area contributed by atoms with E-state index in [-0.39, 0.29) is 23.6 Å². The number of carbonyl (C=O) groups is 1. The SMILES string of the molecule is CC(C1CC1)N(C)CC(=O)c1cc(F)ccc1O. The van der Waals surface area contributed by atoms with E-state index in [1.807, 2.05) is 11.9 Å². The second-order valence-electron chi connectivity index (χ2n) is 5.08. The first-order chi connectivity index (χ1) is 8.49. The summed E-state index contributed by atoms with van der Waals surface area (Å²) in [6.45, 7) is 2.30. The van der Waals surface area contributed by atoms with E-state index >= 15 is 0 Å². The summed E-state index contributed by atoms with van der Waals surface area (Å²) in [5, 5.41) is 9.57. The van der Waals surface area contributed by atoms with Crippen LogP contribution in [-0.4, -0.2) is 35.4 Å². The number of rotatable bonds is 5. The van der Waals surface area contributed by atoms with Crippen molar-refractivity contribution >= 4 is 5.78 Å². The predicted octanol–water partition coefficient (Wildman–Crippen LogP) is 2.44. The van der Waals surface area contributed by atoms with Gasteiger partial charge in [-0.2, -0.15) is 0 Å². The number of phenols is 1. The lowest BCUT2D eigenvalue weighted by Gasteiger charge is -2.23. The molecular weight excluding hydrogens is 233 g/mol. The van der Waals surface area contributed by atoms with Gasteiger partial charge in [-0.1, -0.05) is 0 Å². The Morgan fingerprint density at radius 1 is 1.56 bits per heavy atom. The number of hydrogen-bond donors (Lipinski definition) is 1. The van der Waals surface area contributed by atoms with E-state index < -0.39 is 5.82 Å². The zero-order valence-electron chi connectivity index (χ0n) is 10.7. The number of aromatic hydroxyl groups is 1. The summed E-state index contributed by atoms with van der Waals surface area (Å²) in [4.78, 5) is 14.0. The average Bonchev–Trinajstić information content (AvgIpc) is 3.15. The first-order valence-electron chi connectivity index (χ1n) is 6.21. The number of halogens is 1. The van der Waals surface area contributed by atoms with Gasteiger partial charge in [0.15, 0.2) is 5.78 Å². The van der Waals surface area contributed by atoms with Crippen molar-refractivity contribution in [2.45, 2.75) is 25.8 Å². The molecule has 1 atom stereocenters. The van der Waals surface area contributed by atoms with E-state index in [1.165, 1.54) is 18.9 Å². The molecule has 18 heavy (non-hydrogen) atoms. The van der Waals surface area contributed by atoms with Crippen molar-refractivity contribution in [3.63, 3.8) is 0 Å². The Morgan fingerprint density at radius 2 is 2.22 bits per heavy atom. The topological polar surface area (TPSA) is 40.5 Å². The highest BCUT2D eigenvalue weighted by Crippen LogP contribution is 2.34. The minimum atomic E-state index is -0.506. The van der Waals surface area contributed by atoms with E-state index in [0.29, 0.717) is 12.0 Å². The van der Waals surface area contributed by atoms with Crippen LogP contribution in [0.1, 0.15) is 30.1 Å². The highest BCUT2D eigenvalue weighted by Gasteiger charge is 2.31. The first-order valence-corrected chi connectivity index (χ1v) is 6.21. The van der Waals surface area contributed by atoms with Crippen LogP contribution in [0.2, 0.25) is 0 Å². The second kappa shape index (κ2) is 5.06. The third-order valence-corrected chi connectivity index (χ3v) is 3.65. The van der Waals surface area contributed by atoms with E-state index in [4.69, 9.17) is 0 Å². The van der Waals surface area contributed by atoms with Crippen molar-refractivity contribution in [3.8, 4) is 5.75 Å². The maximum atomic E-state index is 13.1. The van der Waals surface area contributed by atoms with Crippen molar-refractivity contribution in [2.75, 3.05) is 13.6 Å². The van der Waals surface area contributed by atoms with Crippen molar-refractivity contribution in [3.05, 3.63) is 29.6 Å². The van der Waals surface area contributed by atoms with Crippen LogP contribution in [0, 0.1) is 11.7 Å². The van der Waals surface area contributed by atoms with Crippen molar-refractivity contribution < 1.29 is 14.3 Å². The predicted molar refractivity (Wildman–Crippen MR) is 67.2 cm³/mol. The molecule has 0 heterocycles. The Morgan fingerprint density at radius 3 is 2.83 bits per heavy atom. The lowest BCUT2D eigenvalue weighted by molar-refractivity contribution is 0.0914. The van der Waals surface area contributed by atoms with Crippen LogP contribution in [0.3, 0.4) is 0 Å². The largest absolute Gasteiger partial charge is 0.507 e. The number of nitrogens with zero attached hydrogens (tertiary/aromatic N) is 1. The number of Topliss-reactive ketones (excluding diaryl/α,β-unsaturated/α-hetero) is 1. The van der Waals surface area contributed by atoms with E-state index in [1.54, 1.807) is 0 Å². The molecule has 1 aliphatic carbocycles. The van der Waals surface area contributed by atoms with Gasteiger partial charge in [0.05, 0.1) is 12.1 Å². The highest BCUT2D eigenvalue weighted by atomic mass is 19.1. The third-order valence-electron chi connectivity index (χ3n) is 3.65. The summed E-state index contributed by atoms with van der Waals surface area (Å²) in [5.74, 6) is -0.242. The van der Waals surface area contributed by atoms with Gasteiger partial charge in [-0.05, 0) is 50.9 Å². The molecule has 3 nitrogen and oxygen atoms in total. The Balaban J connectivity index is 2.04. The molecule has 1 saturated carbocycles. The zero-order valence-corrected chi connectivity index (χ0v) is 10.7. The molecule has 0 amide bonds. The van der Waals surface area contributed by atoms with Crippen LogP contribution >= 0.6 is 0 Å². The average molecular weight is 251 g/mol. The van der Waals surface area contributed by atoms with Gasteiger partial charge in [-0.3, -0.25) is 9.69 Å². The van der Waals surface area contributed by atoms with Crippen LogP contribution in [-0.2, 0) is 0 Å². The van der Waals surface area contributed by atoms with Gasteiger partial charge in [-0.15, -0.1) is 0 Å². The Hall–Kier alpha value is -1.42. The van der Waals surface area contributed by atoms with Gasteiger partial charge in [0, 0.05) is 6.04 Å². The number of ketones is 1. The third kappa shape index (κ3) is 2.88. The maximum Gasteiger partial charge on any atom is 0.180 e. The Labute approximate surface area is 106 Å². The smallest absolute Gasteiger partial charge is 0.180 e. The quantitative estimate of drug-likeness (QED) is 0.817. The zero-order chi connectivity index (χ0) is 13.3. The molecule has 0 radical (unpaired) electrons. The van der Waals surface area contributed by atoms with Crippen LogP contribution in [0.15, 0.2) is 18.2 Å². The molecular formula is C14H18FNO2. The van der Waals surface area contributed by atoms with Crippen LogP contribution in [0.5, 0.6) is 5.75 Å². The van der Waals surface area contributed by atoms with Crippen LogP contribution < -0.4 is 0 Å². The van der Waals surface area contributed by atoms with E-state index in [2.05, 4.69) is 6.92 Å². The number of benzene rings is 1. The van der Waals surface area contributed by atoms with Gasteiger partial charge in [0.1, 0.15) is 11.6 Å². The molecule has 1 aromatic rings. The van der Waals surface area contributed by atoms with E-state index in [0.717, 1.165) is 12.1 Å². The number of phenolic OH excluding ortho intramolecular Hbond substituents is 1. The van der Waals surface area contributed by atoms with E-state index in [9.17, 15) is 14.3 Å². The number of carbonyl (C=O) groups excluding carboxylic acids is 1. The van der Waals surface area contributed by atoms with Crippen molar-refractivity contribution in [1.82, 2.24) is 4.90 Å². The summed E-state index contributed by atoms with van der Waals surface area (Å²) in [6.07, 6.45) is 2.43. The molecule has 98 valence electrons. The molecule has 1 fully saturated rings. The van der Waals surface area contributed by atoms with Gasteiger partial charge < -0.3 is 5.11 Å². The van der Waals surface area contributed by atoms with Gasteiger partial charge >= 0.3 is 0 Å². The summed E-state index contributed by atoms with van der Waals surface area (Å²) in [5.41, 5.74) is 0.0600. The molecule has 1 aliphatic rings. The normalized spacial score (nSPS) is 16.9. The summed E-state index contributed by atoms with van der Waals surface area (Å²) < 4.78 is 13.1. The van der Waals surface area contributed by atoms with Crippen LogP contribution in [0.25, 0.3) is 0 Å². The second-order valence-corrected chi connectivity index (χ2v) is 5.08. The highest BCUT2D eigenvalue weighted by molar-refractivity contribution is 6.00. The number of hydrogen-bond acceptors (Lipinski definition) is 3. The molecule has 2 rings (SSSR count). The minimum Gasteiger partial charge on any atom is -0.507 e. The number of likely N-dealkylation sites (N-methyl/N-ethyl adjacent to an activating group) is 1. The van der Waals surface area contributed by atoms with Gasteiger partial charge in [0.25, 0.3) is 0 Å². The Bertz CT molecular complexity index is 457. The van der Waals surface area contributed by atoms with Crippen molar-refractivity contribution in [2.24, 2.45) is 5.92 Å².